The average Bonchev–Trinajstić information content (AvgIpc) is 2.87. The van der Waals surface area contributed by atoms with Crippen LogP contribution in [0.15, 0.2) is 35.0 Å². The highest BCUT2D eigenvalue weighted by Crippen LogP contribution is 2.29. The third kappa shape index (κ3) is 3.21. The van der Waals surface area contributed by atoms with Gasteiger partial charge in [-0.1, -0.05) is 0 Å². The minimum absolute atomic E-state index is 0.0610. The first-order valence-electron chi connectivity index (χ1n) is 9.28. The number of likely N-dealkylation sites (tertiary alicyclic amines) is 1. The number of hydrogen-bond donors (Lipinski definition) is 0. The Bertz CT molecular complexity index is 774. The summed E-state index contributed by atoms with van der Waals surface area (Å²) in [5.41, 5.74) is 1.81. The van der Waals surface area contributed by atoms with Gasteiger partial charge >= 0.3 is 0 Å². The van der Waals surface area contributed by atoms with E-state index in [2.05, 4.69) is 16.0 Å². The molecule has 0 N–H and O–H groups in total. The molecule has 0 unspecified atom stereocenters. The SMILES string of the molecule is Cc1cc(C(=O)N2CC[C@@H]3OCCN(c4cccnc4)[C@H]3CC2)c(C)o1. The van der Waals surface area contributed by atoms with Crippen molar-refractivity contribution in [2.24, 2.45) is 0 Å². The van der Waals surface area contributed by atoms with Crippen LogP contribution in [0.25, 0.3) is 0 Å². The molecule has 6 heteroatoms. The van der Waals surface area contributed by atoms with Gasteiger partial charge in [0.1, 0.15) is 11.5 Å². The summed E-state index contributed by atoms with van der Waals surface area (Å²) in [4.78, 5) is 21.5. The maximum absolute atomic E-state index is 12.9. The Morgan fingerprint density at radius 2 is 2.08 bits per heavy atom. The quantitative estimate of drug-likeness (QED) is 0.829. The van der Waals surface area contributed by atoms with Gasteiger partial charge in [0, 0.05) is 25.8 Å². The molecule has 2 aliphatic heterocycles. The molecule has 6 nitrogen and oxygen atoms in total. The Hall–Kier alpha value is -2.34. The van der Waals surface area contributed by atoms with Crippen molar-refractivity contribution < 1.29 is 13.9 Å². The van der Waals surface area contributed by atoms with Gasteiger partial charge in [-0.05, 0) is 44.9 Å². The van der Waals surface area contributed by atoms with Crippen molar-refractivity contribution >= 4 is 11.6 Å². The van der Waals surface area contributed by atoms with E-state index >= 15 is 0 Å². The fourth-order valence-electron chi connectivity index (χ4n) is 4.14. The third-order valence-electron chi connectivity index (χ3n) is 5.41. The number of rotatable bonds is 2. The zero-order valence-electron chi connectivity index (χ0n) is 15.4. The fraction of sp³-hybridized carbons (Fsp3) is 0.500. The van der Waals surface area contributed by atoms with Gasteiger partial charge < -0.3 is 19.0 Å². The van der Waals surface area contributed by atoms with Gasteiger partial charge in [0.05, 0.1) is 36.2 Å². The van der Waals surface area contributed by atoms with E-state index < -0.39 is 0 Å². The number of carbonyl (C=O) groups excluding carboxylic acids is 1. The summed E-state index contributed by atoms with van der Waals surface area (Å²) < 4.78 is 11.6. The number of carbonyl (C=O) groups is 1. The molecule has 0 spiro atoms. The topological polar surface area (TPSA) is 58.8 Å². The van der Waals surface area contributed by atoms with Gasteiger partial charge in [-0.2, -0.15) is 0 Å². The van der Waals surface area contributed by atoms with Crippen LogP contribution in [0, 0.1) is 13.8 Å². The standard InChI is InChI=1S/C20H25N3O3/c1-14-12-17(15(2)26-14)20(24)22-8-5-18-19(6-9-22)25-11-10-23(18)16-4-3-7-21-13-16/h3-4,7,12-13,18-19H,5-6,8-11H2,1-2H3/t18-,19-/m0/s1. The maximum Gasteiger partial charge on any atom is 0.257 e. The van der Waals surface area contributed by atoms with E-state index in [-0.39, 0.29) is 18.1 Å². The molecule has 2 atom stereocenters. The molecule has 2 aliphatic rings. The minimum atomic E-state index is 0.0610. The predicted octanol–water partition coefficient (Wildman–Crippen LogP) is 2.80. The Morgan fingerprint density at radius 3 is 2.81 bits per heavy atom. The van der Waals surface area contributed by atoms with Crippen LogP contribution >= 0.6 is 0 Å². The zero-order valence-corrected chi connectivity index (χ0v) is 15.4. The lowest BCUT2D eigenvalue weighted by Crippen LogP contribution is -2.51. The lowest BCUT2D eigenvalue weighted by Gasteiger charge is -2.41. The first kappa shape index (κ1) is 17.1. The molecule has 2 saturated heterocycles. The fourth-order valence-corrected chi connectivity index (χ4v) is 4.14. The maximum atomic E-state index is 12.9. The monoisotopic (exact) mass is 355 g/mol. The molecule has 0 bridgehead atoms. The van der Waals surface area contributed by atoms with Crippen molar-refractivity contribution in [2.75, 3.05) is 31.1 Å². The number of nitrogens with zero attached hydrogens (tertiary/aromatic N) is 3. The van der Waals surface area contributed by atoms with Gasteiger partial charge in [0.25, 0.3) is 5.91 Å². The molecule has 4 heterocycles. The Kier molecular flexibility index (Phi) is 4.68. The van der Waals surface area contributed by atoms with E-state index in [9.17, 15) is 4.79 Å². The third-order valence-corrected chi connectivity index (χ3v) is 5.41. The van der Waals surface area contributed by atoms with Crippen LogP contribution < -0.4 is 4.90 Å². The number of aryl methyl sites for hydroxylation is 2. The first-order chi connectivity index (χ1) is 12.6. The molecule has 2 aromatic heterocycles. The van der Waals surface area contributed by atoms with Crippen LogP contribution in [-0.4, -0.2) is 54.2 Å². The van der Waals surface area contributed by atoms with Crippen LogP contribution in [0.3, 0.4) is 0 Å². The van der Waals surface area contributed by atoms with Crippen molar-refractivity contribution in [1.29, 1.82) is 0 Å². The van der Waals surface area contributed by atoms with E-state index in [1.54, 1.807) is 6.20 Å². The van der Waals surface area contributed by atoms with Crippen LogP contribution in [0.5, 0.6) is 0 Å². The highest BCUT2D eigenvalue weighted by Gasteiger charge is 2.36. The number of anilines is 1. The Balaban J connectivity index is 1.52. The summed E-state index contributed by atoms with van der Waals surface area (Å²) in [6, 6.07) is 6.18. The molecule has 0 aliphatic carbocycles. The van der Waals surface area contributed by atoms with Crippen molar-refractivity contribution in [3.63, 3.8) is 0 Å². The number of fused-ring (bicyclic) bond motifs is 1. The molecule has 138 valence electrons. The number of morpholine rings is 1. The van der Waals surface area contributed by atoms with Gasteiger partial charge in [0.15, 0.2) is 0 Å². The number of ether oxygens (including phenoxy) is 1. The molecule has 26 heavy (non-hydrogen) atoms. The second kappa shape index (κ2) is 7.11. The number of aromatic nitrogens is 1. The summed E-state index contributed by atoms with van der Waals surface area (Å²) in [6.45, 7) is 6.74. The molecular weight excluding hydrogens is 330 g/mol. The first-order valence-corrected chi connectivity index (χ1v) is 9.28. The highest BCUT2D eigenvalue weighted by atomic mass is 16.5. The minimum Gasteiger partial charge on any atom is -0.466 e. The van der Waals surface area contributed by atoms with E-state index in [4.69, 9.17) is 9.15 Å². The summed E-state index contributed by atoms with van der Waals surface area (Å²) >= 11 is 0. The van der Waals surface area contributed by atoms with Gasteiger partial charge in [-0.3, -0.25) is 9.78 Å². The van der Waals surface area contributed by atoms with Crippen LogP contribution in [0.2, 0.25) is 0 Å². The number of pyridine rings is 1. The molecule has 0 radical (unpaired) electrons. The second-order valence-corrected chi connectivity index (χ2v) is 7.08. The van der Waals surface area contributed by atoms with E-state index in [1.807, 2.05) is 37.1 Å². The van der Waals surface area contributed by atoms with Crippen molar-refractivity contribution in [3.05, 3.63) is 47.7 Å². The van der Waals surface area contributed by atoms with Gasteiger partial charge in [-0.25, -0.2) is 0 Å². The smallest absolute Gasteiger partial charge is 0.257 e. The Labute approximate surface area is 153 Å². The molecule has 1 amide bonds. The summed E-state index contributed by atoms with van der Waals surface area (Å²) in [6.07, 6.45) is 5.59. The van der Waals surface area contributed by atoms with Crippen molar-refractivity contribution in [1.82, 2.24) is 9.88 Å². The largest absolute Gasteiger partial charge is 0.466 e. The van der Waals surface area contributed by atoms with E-state index in [1.165, 1.54) is 0 Å². The van der Waals surface area contributed by atoms with Crippen LogP contribution in [-0.2, 0) is 4.74 Å². The molecule has 0 aromatic carbocycles. The molecule has 2 fully saturated rings. The summed E-state index contributed by atoms with van der Waals surface area (Å²) in [5, 5.41) is 0. The predicted molar refractivity (Wildman–Crippen MR) is 98.4 cm³/mol. The molecular formula is C20H25N3O3. The van der Waals surface area contributed by atoms with E-state index in [0.717, 1.165) is 37.4 Å². The lowest BCUT2D eigenvalue weighted by atomic mass is 10.0. The highest BCUT2D eigenvalue weighted by molar-refractivity contribution is 5.95. The lowest BCUT2D eigenvalue weighted by molar-refractivity contribution is 0.00907. The van der Waals surface area contributed by atoms with Crippen LogP contribution in [0.1, 0.15) is 34.7 Å². The second-order valence-electron chi connectivity index (χ2n) is 7.08. The number of hydrogen-bond acceptors (Lipinski definition) is 5. The summed E-state index contributed by atoms with van der Waals surface area (Å²) in [7, 11) is 0. The normalized spacial score (nSPS) is 23.5. The summed E-state index contributed by atoms with van der Waals surface area (Å²) in [5.74, 6) is 1.54. The van der Waals surface area contributed by atoms with Crippen molar-refractivity contribution in [3.8, 4) is 0 Å². The van der Waals surface area contributed by atoms with E-state index in [0.29, 0.717) is 24.5 Å². The molecule has 0 saturated carbocycles. The Morgan fingerprint density at radius 1 is 1.23 bits per heavy atom. The average molecular weight is 355 g/mol. The van der Waals surface area contributed by atoms with Gasteiger partial charge in [-0.15, -0.1) is 0 Å². The zero-order chi connectivity index (χ0) is 18.1. The number of amides is 1. The number of furan rings is 1. The van der Waals surface area contributed by atoms with Crippen LogP contribution in [0.4, 0.5) is 5.69 Å². The molecule has 4 rings (SSSR count). The van der Waals surface area contributed by atoms with Crippen molar-refractivity contribution in [2.45, 2.75) is 38.8 Å². The molecule has 2 aromatic rings. The van der Waals surface area contributed by atoms with Gasteiger partial charge in [0.2, 0.25) is 0 Å².